The third kappa shape index (κ3) is 2.36. The molecule has 4 aromatic rings. The lowest BCUT2D eigenvalue weighted by atomic mass is 10.2. The van der Waals surface area contributed by atoms with Gasteiger partial charge in [0.15, 0.2) is 9.81 Å². The molecule has 1 atom stereocenters. The topological polar surface area (TPSA) is 33.1 Å². The van der Waals surface area contributed by atoms with E-state index < -0.39 is 0 Å². The maximum atomic E-state index is 4.65. The van der Waals surface area contributed by atoms with E-state index in [1.165, 1.54) is 0 Å². The van der Waals surface area contributed by atoms with Gasteiger partial charge < -0.3 is 10.2 Å². The molecule has 0 bridgehead atoms. The number of rotatable bonds is 2. The summed E-state index contributed by atoms with van der Waals surface area (Å²) in [5.74, 6) is 0. The van der Waals surface area contributed by atoms with E-state index in [1.54, 1.807) is 0 Å². The molecule has 0 saturated carbocycles. The Balaban J connectivity index is 1.76. The van der Waals surface area contributed by atoms with Crippen LogP contribution < -0.4 is 10.2 Å². The molecule has 1 aromatic heterocycles. The molecule has 0 fully saturated rings. The second-order valence-corrected chi connectivity index (χ2v) is 7.64. The molecule has 4 nitrogen and oxygen atoms in total. The number of nitrogens with one attached hydrogen (secondary N) is 1. The first kappa shape index (κ1) is 15.9. The van der Waals surface area contributed by atoms with Crippen LogP contribution in [0.25, 0.3) is 16.7 Å². The zero-order valence-corrected chi connectivity index (χ0v) is 16.8. The fourth-order valence-corrected chi connectivity index (χ4v) is 4.72. The van der Waals surface area contributed by atoms with Crippen LogP contribution in [-0.2, 0) is 0 Å². The van der Waals surface area contributed by atoms with Crippen LogP contribution in [0.15, 0.2) is 77.5 Å². The van der Waals surface area contributed by atoms with Gasteiger partial charge in [0, 0.05) is 0 Å². The number of hydrogen-bond acceptors (Lipinski definition) is 3. The van der Waals surface area contributed by atoms with Gasteiger partial charge in [-0.2, -0.15) is 0 Å². The Hall–Kier alpha value is -2.31. The smallest absolute Gasteiger partial charge is 0.182 e. The number of aromatic nitrogens is 2. The largest absolute Gasteiger partial charge is 0.354 e. The van der Waals surface area contributed by atoms with Gasteiger partial charge in [0.25, 0.3) is 0 Å². The standard InChI is InChI=1S/C20H14Br2N4/c21-19-23-13-7-1-3-9-15(13)25(19)17-11-5-6-12-18(17)26-16-10-4-2-8-14(16)24-20(26)22/h1-12,19,23H. The van der Waals surface area contributed by atoms with E-state index in [0.717, 1.165) is 38.5 Å². The van der Waals surface area contributed by atoms with Gasteiger partial charge in [-0.1, -0.05) is 36.4 Å². The third-order valence-corrected chi connectivity index (χ3v) is 5.74. The normalized spacial score (nSPS) is 15.9. The molecule has 1 unspecified atom stereocenters. The molecule has 1 aliphatic rings. The fourth-order valence-electron chi connectivity index (χ4n) is 3.46. The van der Waals surface area contributed by atoms with Crippen molar-refractivity contribution in [3.05, 3.63) is 77.5 Å². The van der Waals surface area contributed by atoms with Gasteiger partial charge in [0.1, 0.15) is 0 Å². The van der Waals surface area contributed by atoms with Crippen molar-refractivity contribution >= 4 is 60.0 Å². The molecular weight excluding hydrogens is 456 g/mol. The van der Waals surface area contributed by atoms with Crippen molar-refractivity contribution in [1.29, 1.82) is 0 Å². The molecule has 0 amide bonds. The fraction of sp³-hybridized carbons (Fsp3) is 0.0500. The highest BCUT2D eigenvalue weighted by Gasteiger charge is 2.29. The third-order valence-electron chi connectivity index (χ3n) is 4.57. The molecule has 1 N–H and O–H groups in total. The summed E-state index contributed by atoms with van der Waals surface area (Å²) >= 11 is 7.41. The maximum Gasteiger partial charge on any atom is 0.182 e. The van der Waals surface area contributed by atoms with Gasteiger partial charge in [0.05, 0.1) is 33.8 Å². The summed E-state index contributed by atoms with van der Waals surface area (Å²) in [6, 6.07) is 24.9. The van der Waals surface area contributed by atoms with Gasteiger partial charge in [0.2, 0.25) is 0 Å². The molecule has 3 aromatic carbocycles. The number of anilines is 3. The predicted molar refractivity (Wildman–Crippen MR) is 114 cm³/mol. The van der Waals surface area contributed by atoms with Gasteiger partial charge in [-0.25, -0.2) is 4.98 Å². The molecule has 5 rings (SSSR count). The molecule has 6 heteroatoms. The molecular formula is C20H14Br2N4. The number of nitrogens with zero attached hydrogens (tertiary/aromatic N) is 3. The summed E-state index contributed by atoms with van der Waals surface area (Å²) < 4.78 is 2.93. The van der Waals surface area contributed by atoms with Crippen LogP contribution in [0, 0.1) is 0 Å². The summed E-state index contributed by atoms with van der Waals surface area (Å²) in [6.07, 6.45) is 0. The molecule has 128 valence electrons. The second kappa shape index (κ2) is 6.14. The first-order valence-electron chi connectivity index (χ1n) is 8.25. The average Bonchev–Trinajstić information content (AvgIpc) is 3.17. The van der Waals surface area contributed by atoms with E-state index in [1.807, 2.05) is 24.3 Å². The Morgan fingerprint density at radius 3 is 2.31 bits per heavy atom. The lowest BCUT2D eigenvalue weighted by Crippen LogP contribution is -2.26. The molecule has 1 aliphatic heterocycles. The summed E-state index contributed by atoms with van der Waals surface area (Å²) in [4.78, 5) is 6.91. The van der Waals surface area contributed by atoms with E-state index in [9.17, 15) is 0 Å². The van der Waals surface area contributed by atoms with Crippen molar-refractivity contribution in [3.63, 3.8) is 0 Å². The minimum atomic E-state index is -0.0189. The molecule has 0 aliphatic carbocycles. The average molecular weight is 470 g/mol. The predicted octanol–water partition coefficient (Wildman–Crippen LogP) is 6.03. The minimum Gasteiger partial charge on any atom is -0.354 e. The van der Waals surface area contributed by atoms with Crippen molar-refractivity contribution in [2.24, 2.45) is 0 Å². The van der Waals surface area contributed by atoms with Crippen LogP contribution in [0.1, 0.15) is 0 Å². The monoisotopic (exact) mass is 468 g/mol. The number of imidazole rings is 1. The van der Waals surface area contributed by atoms with Crippen LogP contribution in [0.4, 0.5) is 17.1 Å². The van der Waals surface area contributed by atoms with Crippen molar-refractivity contribution in [3.8, 4) is 5.69 Å². The number of halogens is 2. The van der Waals surface area contributed by atoms with Crippen LogP contribution in [0.3, 0.4) is 0 Å². The summed E-state index contributed by atoms with van der Waals surface area (Å²) in [7, 11) is 0. The first-order valence-corrected chi connectivity index (χ1v) is 9.96. The van der Waals surface area contributed by atoms with Gasteiger partial charge >= 0.3 is 0 Å². The van der Waals surface area contributed by atoms with Gasteiger partial charge in [-0.15, -0.1) is 0 Å². The van der Waals surface area contributed by atoms with Crippen molar-refractivity contribution < 1.29 is 0 Å². The zero-order valence-electron chi connectivity index (χ0n) is 13.6. The van der Waals surface area contributed by atoms with Gasteiger partial charge in [-0.05, 0) is 68.3 Å². The van der Waals surface area contributed by atoms with Crippen molar-refractivity contribution in [2.45, 2.75) is 5.08 Å². The highest BCUT2D eigenvalue weighted by Crippen LogP contribution is 2.44. The number of alkyl halides is 1. The Bertz CT molecular complexity index is 1120. The number of hydrogen-bond donors (Lipinski definition) is 1. The summed E-state index contributed by atoms with van der Waals surface area (Å²) in [5.41, 5.74) is 6.44. The van der Waals surface area contributed by atoms with Crippen LogP contribution in [0.2, 0.25) is 0 Å². The molecule has 0 radical (unpaired) electrons. The zero-order chi connectivity index (χ0) is 17.7. The van der Waals surface area contributed by atoms with E-state index in [0.29, 0.717) is 0 Å². The first-order chi connectivity index (χ1) is 12.7. The molecule has 0 spiro atoms. The Kier molecular flexibility index (Phi) is 3.76. The maximum absolute atomic E-state index is 4.65. The highest BCUT2D eigenvalue weighted by atomic mass is 79.9. The van der Waals surface area contributed by atoms with E-state index >= 15 is 0 Å². The van der Waals surface area contributed by atoms with E-state index in [-0.39, 0.29) is 5.08 Å². The number of fused-ring (bicyclic) bond motifs is 2. The Morgan fingerprint density at radius 2 is 1.46 bits per heavy atom. The van der Waals surface area contributed by atoms with Crippen molar-refractivity contribution in [1.82, 2.24) is 9.55 Å². The van der Waals surface area contributed by atoms with E-state index in [4.69, 9.17) is 0 Å². The minimum absolute atomic E-state index is 0.0189. The Labute approximate surface area is 167 Å². The lowest BCUT2D eigenvalue weighted by Gasteiger charge is -2.26. The second-order valence-electron chi connectivity index (χ2n) is 6.06. The van der Waals surface area contributed by atoms with Crippen molar-refractivity contribution in [2.75, 3.05) is 10.2 Å². The SMILES string of the molecule is Brc1nc2ccccc2n1-c1ccccc1N1c2ccccc2NC1Br. The quantitative estimate of drug-likeness (QED) is 0.287. The Morgan fingerprint density at radius 1 is 0.808 bits per heavy atom. The van der Waals surface area contributed by atoms with Gasteiger partial charge in [-0.3, -0.25) is 4.57 Å². The van der Waals surface area contributed by atoms with E-state index in [2.05, 4.69) is 100 Å². The summed E-state index contributed by atoms with van der Waals surface area (Å²) in [5, 5.41) is 3.46. The molecule has 26 heavy (non-hydrogen) atoms. The van der Waals surface area contributed by atoms with Crippen LogP contribution in [0.5, 0.6) is 0 Å². The van der Waals surface area contributed by atoms with Crippen LogP contribution in [-0.4, -0.2) is 14.6 Å². The highest BCUT2D eigenvalue weighted by molar-refractivity contribution is 9.10. The lowest BCUT2D eigenvalue weighted by molar-refractivity contribution is 0.994. The number of para-hydroxylation sites is 6. The number of benzene rings is 3. The summed E-state index contributed by atoms with van der Waals surface area (Å²) in [6.45, 7) is 0. The molecule has 0 saturated heterocycles. The van der Waals surface area contributed by atoms with Crippen LogP contribution >= 0.6 is 31.9 Å². The molecule has 2 heterocycles.